The quantitative estimate of drug-likeness (QED) is 0.161. The Morgan fingerprint density at radius 2 is 1.31 bits per heavy atom. The highest BCUT2D eigenvalue weighted by atomic mass is 19.4. The van der Waals surface area contributed by atoms with Crippen molar-refractivity contribution in [2.24, 2.45) is 0 Å². The summed E-state index contributed by atoms with van der Waals surface area (Å²) in [7, 11) is 0. The molecule has 0 aromatic heterocycles. The van der Waals surface area contributed by atoms with Crippen LogP contribution in [-0.4, -0.2) is 49.3 Å². The molecule has 0 fully saturated rings. The first-order valence-electron chi connectivity index (χ1n) is 8.72. The molecule has 29 heavy (non-hydrogen) atoms. The molecule has 170 valence electrons. The molecule has 0 aromatic rings. The van der Waals surface area contributed by atoms with E-state index < -0.39 is 42.7 Å². The van der Waals surface area contributed by atoms with Crippen molar-refractivity contribution < 1.29 is 54.2 Å². The second kappa shape index (κ2) is 12.0. The van der Waals surface area contributed by atoms with Crippen LogP contribution in [0.4, 0.5) is 35.1 Å². The monoisotopic (exact) mass is 442 g/mol. The van der Waals surface area contributed by atoms with Crippen LogP contribution < -0.4 is 0 Å². The minimum atomic E-state index is -6.48. The Balaban J connectivity index is 4.41. The summed E-state index contributed by atoms with van der Waals surface area (Å²) in [6, 6.07) is 0. The fraction of sp³-hybridized carbons (Fsp3) is 0.765. The van der Waals surface area contributed by atoms with Gasteiger partial charge in [0.1, 0.15) is 0 Å². The summed E-state index contributed by atoms with van der Waals surface area (Å²) >= 11 is 0. The zero-order chi connectivity index (χ0) is 22.7. The van der Waals surface area contributed by atoms with E-state index in [9.17, 15) is 44.7 Å². The first-order chi connectivity index (χ1) is 13.3. The number of rotatable bonds is 14. The number of carbonyl (C=O) groups is 2. The topological polar surface area (TPSA) is 52.6 Å². The average molecular weight is 442 g/mol. The second-order valence-corrected chi connectivity index (χ2v) is 6.08. The van der Waals surface area contributed by atoms with Crippen molar-refractivity contribution in [1.29, 1.82) is 0 Å². The summed E-state index contributed by atoms with van der Waals surface area (Å²) in [5.74, 6) is -21.4. The van der Waals surface area contributed by atoms with Gasteiger partial charge in [-0.1, -0.05) is 39.0 Å². The zero-order valence-electron chi connectivity index (χ0n) is 15.5. The molecule has 0 spiro atoms. The summed E-state index contributed by atoms with van der Waals surface area (Å²) in [5.41, 5.74) is 0. The van der Waals surface area contributed by atoms with E-state index in [1.54, 1.807) is 0 Å². The molecule has 0 unspecified atom stereocenters. The first kappa shape index (κ1) is 27.1. The third-order valence-corrected chi connectivity index (χ3v) is 3.65. The Morgan fingerprint density at radius 3 is 1.83 bits per heavy atom. The third-order valence-electron chi connectivity index (χ3n) is 3.65. The molecule has 0 aliphatic carbocycles. The lowest BCUT2D eigenvalue weighted by Crippen LogP contribution is -2.59. The van der Waals surface area contributed by atoms with Crippen molar-refractivity contribution >= 4 is 11.9 Å². The summed E-state index contributed by atoms with van der Waals surface area (Å²) in [5, 5.41) is 0. The van der Waals surface area contributed by atoms with Crippen LogP contribution >= 0.6 is 0 Å². The van der Waals surface area contributed by atoms with Crippen LogP contribution in [0.3, 0.4) is 0 Å². The minimum absolute atomic E-state index is 0.0251. The number of carbonyl (C=O) groups excluding carboxylic acids is 2. The molecule has 4 nitrogen and oxygen atoms in total. The van der Waals surface area contributed by atoms with E-state index >= 15 is 0 Å². The lowest BCUT2D eigenvalue weighted by atomic mass is 10.1. The van der Waals surface area contributed by atoms with Crippen molar-refractivity contribution in [1.82, 2.24) is 0 Å². The van der Waals surface area contributed by atoms with Crippen LogP contribution in [0, 0.1) is 0 Å². The van der Waals surface area contributed by atoms with E-state index in [-0.39, 0.29) is 12.7 Å². The van der Waals surface area contributed by atoms with Gasteiger partial charge in [0, 0.05) is 12.2 Å². The molecular weight excluding hydrogens is 420 g/mol. The van der Waals surface area contributed by atoms with Crippen molar-refractivity contribution in [3.63, 3.8) is 0 Å². The SMILES string of the molecule is CCCCCCCCOC(=O)/C=C/C(=O)OCC(F)(F)C(F)(F)C(F)(F)C(F)F. The van der Waals surface area contributed by atoms with Crippen LogP contribution in [-0.2, 0) is 19.1 Å². The molecule has 0 heterocycles. The maximum atomic E-state index is 13.2. The summed E-state index contributed by atoms with van der Waals surface area (Å²) in [6.07, 6.45) is 1.11. The van der Waals surface area contributed by atoms with E-state index in [0.29, 0.717) is 12.5 Å². The fourth-order valence-corrected chi connectivity index (χ4v) is 1.92. The summed E-state index contributed by atoms with van der Waals surface area (Å²) in [4.78, 5) is 22.4. The first-order valence-corrected chi connectivity index (χ1v) is 8.72. The van der Waals surface area contributed by atoms with Crippen LogP contribution in [0.2, 0.25) is 0 Å². The fourth-order valence-electron chi connectivity index (χ4n) is 1.92. The lowest BCUT2D eigenvalue weighted by Gasteiger charge is -2.31. The van der Waals surface area contributed by atoms with Crippen LogP contribution in [0.1, 0.15) is 45.4 Å². The smallest absolute Gasteiger partial charge is 0.381 e. The van der Waals surface area contributed by atoms with Gasteiger partial charge in [0.25, 0.3) is 0 Å². The average Bonchev–Trinajstić information content (AvgIpc) is 2.63. The standard InChI is InChI=1S/C17H22F8O4/c1-2-3-4-5-6-7-10-28-12(26)8-9-13(27)29-11-15(20,21)17(24,25)16(22,23)14(18)19/h8-9,14H,2-7,10-11H2,1H3/b9-8+. The Bertz CT molecular complexity index is 550. The number of ether oxygens (including phenoxy) is 2. The van der Waals surface area contributed by atoms with Gasteiger partial charge < -0.3 is 9.47 Å². The molecule has 0 bridgehead atoms. The van der Waals surface area contributed by atoms with Crippen molar-refractivity contribution in [3.05, 3.63) is 12.2 Å². The molecule has 0 aliphatic rings. The molecule has 12 heteroatoms. The summed E-state index contributed by atoms with van der Waals surface area (Å²) in [6.45, 7) is -0.528. The highest BCUT2D eigenvalue weighted by Gasteiger charge is 2.75. The van der Waals surface area contributed by atoms with Crippen molar-refractivity contribution in [3.8, 4) is 0 Å². The molecule has 0 rings (SSSR count). The number of halogens is 8. The third kappa shape index (κ3) is 8.57. The minimum Gasteiger partial charge on any atom is -0.463 e. The molecule has 0 N–H and O–H groups in total. The van der Waals surface area contributed by atoms with Gasteiger partial charge in [-0.15, -0.1) is 0 Å². The van der Waals surface area contributed by atoms with Gasteiger partial charge in [0.05, 0.1) is 6.61 Å². The number of unbranched alkanes of at least 4 members (excludes halogenated alkanes) is 5. The van der Waals surface area contributed by atoms with Gasteiger partial charge in [-0.3, -0.25) is 0 Å². The molecule has 0 saturated heterocycles. The molecule has 0 amide bonds. The number of hydrogen-bond acceptors (Lipinski definition) is 4. The Labute approximate surface area is 162 Å². The van der Waals surface area contributed by atoms with Crippen LogP contribution in [0.5, 0.6) is 0 Å². The van der Waals surface area contributed by atoms with Crippen LogP contribution in [0.15, 0.2) is 12.2 Å². The van der Waals surface area contributed by atoms with Crippen molar-refractivity contribution in [2.75, 3.05) is 13.2 Å². The highest BCUT2D eigenvalue weighted by molar-refractivity contribution is 5.91. The predicted octanol–water partition coefficient (Wildman–Crippen LogP) is 5.16. The number of esters is 2. The van der Waals surface area contributed by atoms with Gasteiger partial charge in [0.2, 0.25) is 0 Å². The molecule has 0 aliphatic heterocycles. The van der Waals surface area contributed by atoms with E-state index in [0.717, 1.165) is 32.1 Å². The van der Waals surface area contributed by atoms with Gasteiger partial charge in [-0.2, -0.15) is 26.3 Å². The largest absolute Gasteiger partial charge is 0.463 e. The molecular formula is C17H22F8O4. The number of alkyl halides is 8. The Hall–Kier alpha value is -1.88. The maximum absolute atomic E-state index is 13.2. The molecule has 0 aromatic carbocycles. The van der Waals surface area contributed by atoms with Gasteiger partial charge >= 0.3 is 36.1 Å². The lowest BCUT2D eigenvalue weighted by molar-refractivity contribution is -0.344. The van der Waals surface area contributed by atoms with Gasteiger partial charge in [0.15, 0.2) is 6.61 Å². The van der Waals surface area contributed by atoms with Gasteiger partial charge in [-0.05, 0) is 6.42 Å². The Morgan fingerprint density at radius 1 is 0.828 bits per heavy atom. The van der Waals surface area contributed by atoms with E-state index in [4.69, 9.17) is 0 Å². The van der Waals surface area contributed by atoms with E-state index in [1.165, 1.54) is 0 Å². The normalized spacial score (nSPS) is 13.2. The van der Waals surface area contributed by atoms with Crippen LogP contribution in [0.25, 0.3) is 0 Å². The van der Waals surface area contributed by atoms with Gasteiger partial charge in [-0.25, -0.2) is 18.4 Å². The Kier molecular flexibility index (Phi) is 11.2. The number of hydrogen-bond donors (Lipinski definition) is 0. The highest BCUT2D eigenvalue weighted by Crippen LogP contribution is 2.48. The van der Waals surface area contributed by atoms with Crippen molar-refractivity contribution in [2.45, 2.75) is 69.6 Å². The predicted molar refractivity (Wildman–Crippen MR) is 85.3 cm³/mol. The van der Waals surface area contributed by atoms with E-state index in [2.05, 4.69) is 9.47 Å². The zero-order valence-corrected chi connectivity index (χ0v) is 15.5. The summed E-state index contributed by atoms with van der Waals surface area (Å²) < 4.78 is 110. The maximum Gasteiger partial charge on any atom is 0.381 e. The molecule has 0 radical (unpaired) electrons. The second-order valence-electron chi connectivity index (χ2n) is 6.08. The molecule has 0 atom stereocenters. The van der Waals surface area contributed by atoms with E-state index in [1.807, 2.05) is 6.92 Å². The molecule has 0 saturated carbocycles.